The smallest absolute Gasteiger partial charge is 0.254 e. The molecule has 0 saturated carbocycles. The van der Waals surface area contributed by atoms with E-state index in [9.17, 15) is 13.6 Å². The molecule has 1 aromatic carbocycles. The Hall–Kier alpha value is -2.24. The summed E-state index contributed by atoms with van der Waals surface area (Å²) in [5.74, 6) is -1.31. The fourth-order valence-corrected chi connectivity index (χ4v) is 2.69. The van der Waals surface area contributed by atoms with Gasteiger partial charge < -0.3 is 9.42 Å². The van der Waals surface area contributed by atoms with E-state index in [0.29, 0.717) is 12.3 Å². The van der Waals surface area contributed by atoms with Crippen LogP contribution in [0.1, 0.15) is 40.7 Å². The van der Waals surface area contributed by atoms with Gasteiger partial charge in [-0.15, -0.1) is 0 Å². The number of rotatable bonds is 2. The number of amides is 1. The molecule has 0 spiro atoms. The number of aryl methyl sites for hydroxylation is 1. The lowest BCUT2D eigenvalue weighted by atomic mass is 10.1. The predicted octanol–water partition coefficient (Wildman–Crippen LogP) is 3.24. The van der Waals surface area contributed by atoms with Gasteiger partial charge in [0.25, 0.3) is 5.91 Å². The van der Waals surface area contributed by atoms with Crippen LogP contribution in [0, 0.1) is 18.6 Å². The summed E-state index contributed by atoms with van der Waals surface area (Å²) < 4.78 is 31.7. The molecule has 6 heteroatoms. The second kappa shape index (κ2) is 5.27. The van der Waals surface area contributed by atoms with Gasteiger partial charge >= 0.3 is 0 Å². The lowest BCUT2D eigenvalue weighted by Crippen LogP contribution is -2.30. The third kappa shape index (κ3) is 2.66. The van der Waals surface area contributed by atoms with Crippen LogP contribution in [0.2, 0.25) is 0 Å². The van der Waals surface area contributed by atoms with Crippen LogP contribution in [0.25, 0.3) is 0 Å². The van der Waals surface area contributed by atoms with Gasteiger partial charge in [0.05, 0.1) is 11.7 Å². The van der Waals surface area contributed by atoms with Gasteiger partial charge in [-0.05, 0) is 31.9 Å². The number of carbonyl (C=O) groups excluding carboxylic acids is 1. The van der Waals surface area contributed by atoms with Gasteiger partial charge in [0, 0.05) is 24.2 Å². The van der Waals surface area contributed by atoms with E-state index in [-0.39, 0.29) is 11.6 Å². The van der Waals surface area contributed by atoms with Crippen LogP contribution in [0.15, 0.2) is 28.8 Å². The molecule has 0 N–H and O–H groups in total. The van der Waals surface area contributed by atoms with E-state index in [1.807, 2.05) is 0 Å². The molecule has 3 rings (SSSR count). The van der Waals surface area contributed by atoms with Crippen LogP contribution >= 0.6 is 0 Å². The Morgan fingerprint density at radius 1 is 1.29 bits per heavy atom. The normalized spacial score (nSPS) is 18.2. The first-order valence-electron chi connectivity index (χ1n) is 6.75. The third-order valence-electron chi connectivity index (χ3n) is 3.60. The SMILES string of the molecule is Cc1cc([C@H]2CCCN2C(=O)c2cc(F)cc(F)c2)on1. The summed E-state index contributed by atoms with van der Waals surface area (Å²) in [6.45, 7) is 2.33. The molecule has 0 radical (unpaired) electrons. The Labute approximate surface area is 120 Å². The zero-order valence-corrected chi connectivity index (χ0v) is 11.5. The number of halogens is 2. The van der Waals surface area contributed by atoms with E-state index >= 15 is 0 Å². The maximum absolute atomic E-state index is 13.3. The molecule has 1 fully saturated rings. The molecule has 110 valence electrons. The Balaban J connectivity index is 1.89. The maximum atomic E-state index is 13.3. The highest BCUT2D eigenvalue weighted by molar-refractivity contribution is 5.94. The van der Waals surface area contributed by atoms with Crippen molar-refractivity contribution in [1.29, 1.82) is 0 Å². The quantitative estimate of drug-likeness (QED) is 0.853. The molecule has 1 aliphatic heterocycles. The number of benzene rings is 1. The Bertz CT molecular complexity index is 664. The third-order valence-corrected chi connectivity index (χ3v) is 3.60. The molecule has 2 heterocycles. The summed E-state index contributed by atoms with van der Waals surface area (Å²) in [4.78, 5) is 14.0. The molecule has 0 unspecified atom stereocenters. The van der Waals surface area contributed by atoms with Crippen molar-refractivity contribution >= 4 is 5.91 Å². The molecule has 0 bridgehead atoms. The summed E-state index contributed by atoms with van der Waals surface area (Å²) in [5.41, 5.74) is 0.747. The predicted molar refractivity (Wildman–Crippen MR) is 70.6 cm³/mol. The topological polar surface area (TPSA) is 46.3 Å². The molecule has 0 aliphatic carbocycles. The zero-order chi connectivity index (χ0) is 15.0. The molecular formula is C15H14F2N2O2. The van der Waals surface area contributed by atoms with Gasteiger partial charge in [-0.3, -0.25) is 4.79 Å². The van der Waals surface area contributed by atoms with E-state index in [1.165, 1.54) is 0 Å². The first-order chi connectivity index (χ1) is 10.0. The van der Waals surface area contributed by atoms with E-state index in [4.69, 9.17) is 4.52 Å². The molecule has 4 nitrogen and oxygen atoms in total. The number of likely N-dealkylation sites (tertiary alicyclic amines) is 1. The Kier molecular flexibility index (Phi) is 3.45. The van der Waals surface area contributed by atoms with Crippen molar-refractivity contribution in [3.63, 3.8) is 0 Å². The highest BCUT2D eigenvalue weighted by Gasteiger charge is 2.33. The lowest BCUT2D eigenvalue weighted by molar-refractivity contribution is 0.0713. The summed E-state index contributed by atoms with van der Waals surface area (Å²) >= 11 is 0. The van der Waals surface area contributed by atoms with Crippen LogP contribution in [-0.2, 0) is 0 Å². The molecule has 1 saturated heterocycles. The highest BCUT2D eigenvalue weighted by atomic mass is 19.1. The van der Waals surface area contributed by atoms with Crippen molar-refractivity contribution < 1.29 is 18.1 Å². The highest BCUT2D eigenvalue weighted by Crippen LogP contribution is 2.33. The minimum atomic E-state index is -0.760. The van der Waals surface area contributed by atoms with E-state index in [2.05, 4.69) is 5.16 Å². The number of hydrogen-bond donors (Lipinski definition) is 0. The van der Waals surface area contributed by atoms with Gasteiger partial charge in [-0.2, -0.15) is 0 Å². The van der Waals surface area contributed by atoms with Gasteiger partial charge in [-0.25, -0.2) is 8.78 Å². The zero-order valence-electron chi connectivity index (χ0n) is 11.5. The molecule has 1 aliphatic rings. The lowest BCUT2D eigenvalue weighted by Gasteiger charge is -2.22. The molecule has 21 heavy (non-hydrogen) atoms. The van der Waals surface area contributed by atoms with Crippen molar-refractivity contribution in [3.05, 3.63) is 52.9 Å². The monoisotopic (exact) mass is 292 g/mol. The molecule has 1 aromatic heterocycles. The minimum absolute atomic E-state index is 0.00985. The van der Waals surface area contributed by atoms with Gasteiger partial charge in [0.2, 0.25) is 0 Å². The first-order valence-corrected chi connectivity index (χ1v) is 6.75. The van der Waals surface area contributed by atoms with E-state index in [0.717, 1.165) is 36.7 Å². The van der Waals surface area contributed by atoms with Crippen LogP contribution in [0.4, 0.5) is 8.78 Å². The second-order valence-electron chi connectivity index (χ2n) is 5.19. The number of carbonyl (C=O) groups is 1. The van der Waals surface area contributed by atoms with Crippen molar-refractivity contribution in [2.75, 3.05) is 6.54 Å². The summed E-state index contributed by atoms with van der Waals surface area (Å²) in [7, 11) is 0. The van der Waals surface area contributed by atoms with E-state index < -0.39 is 17.5 Å². The standard InChI is InChI=1S/C15H14F2N2O2/c1-9-5-14(21-18-9)13-3-2-4-19(13)15(20)10-6-11(16)8-12(17)7-10/h5-8,13H,2-4H2,1H3/t13-/m1/s1. The fourth-order valence-electron chi connectivity index (χ4n) is 2.69. The van der Waals surface area contributed by atoms with Crippen LogP contribution in [-0.4, -0.2) is 22.5 Å². The largest absolute Gasteiger partial charge is 0.359 e. The summed E-state index contributed by atoms with van der Waals surface area (Å²) in [5, 5.41) is 3.82. The Morgan fingerprint density at radius 3 is 2.62 bits per heavy atom. The van der Waals surface area contributed by atoms with Crippen molar-refractivity contribution in [3.8, 4) is 0 Å². The number of aromatic nitrogens is 1. The minimum Gasteiger partial charge on any atom is -0.359 e. The van der Waals surface area contributed by atoms with Crippen molar-refractivity contribution in [2.45, 2.75) is 25.8 Å². The van der Waals surface area contributed by atoms with Gasteiger partial charge in [-0.1, -0.05) is 5.16 Å². The Morgan fingerprint density at radius 2 is 2.00 bits per heavy atom. The van der Waals surface area contributed by atoms with Gasteiger partial charge in [0.15, 0.2) is 5.76 Å². The van der Waals surface area contributed by atoms with Crippen molar-refractivity contribution in [2.24, 2.45) is 0 Å². The van der Waals surface area contributed by atoms with Crippen LogP contribution in [0.3, 0.4) is 0 Å². The molecule has 2 aromatic rings. The molecule has 1 amide bonds. The maximum Gasteiger partial charge on any atom is 0.254 e. The fraction of sp³-hybridized carbons (Fsp3) is 0.333. The van der Waals surface area contributed by atoms with Crippen molar-refractivity contribution in [1.82, 2.24) is 10.1 Å². The average Bonchev–Trinajstić information content (AvgIpc) is 3.04. The average molecular weight is 292 g/mol. The first kappa shape index (κ1) is 13.7. The van der Waals surface area contributed by atoms with E-state index in [1.54, 1.807) is 17.9 Å². The molecular weight excluding hydrogens is 278 g/mol. The number of nitrogens with zero attached hydrogens (tertiary/aromatic N) is 2. The molecule has 1 atom stereocenters. The van der Waals surface area contributed by atoms with Gasteiger partial charge in [0.1, 0.15) is 11.6 Å². The number of hydrogen-bond acceptors (Lipinski definition) is 3. The van der Waals surface area contributed by atoms with Crippen LogP contribution in [0.5, 0.6) is 0 Å². The second-order valence-corrected chi connectivity index (χ2v) is 5.19. The summed E-state index contributed by atoms with van der Waals surface area (Å²) in [6.07, 6.45) is 1.56. The summed E-state index contributed by atoms with van der Waals surface area (Å²) in [6, 6.07) is 4.39. The van der Waals surface area contributed by atoms with Crippen LogP contribution < -0.4 is 0 Å².